The first-order valence-corrected chi connectivity index (χ1v) is 7.75. The highest BCUT2D eigenvalue weighted by Gasteiger charge is 2.25. The lowest BCUT2D eigenvalue weighted by atomic mass is 10.1. The van der Waals surface area contributed by atoms with Gasteiger partial charge in [-0.25, -0.2) is 0 Å². The van der Waals surface area contributed by atoms with Crippen molar-refractivity contribution in [3.63, 3.8) is 0 Å². The summed E-state index contributed by atoms with van der Waals surface area (Å²) in [6.45, 7) is 5.68. The molecule has 2 aromatic rings. The summed E-state index contributed by atoms with van der Waals surface area (Å²) in [5.41, 5.74) is 3.07. The second kappa shape index (κ2) is 6.19. The van der Waals surface area contributed by atoms with Crippen molar-refractivity contribution < 1.29 is 9.80 Å². The van der Waals surface area contributed by atoms with E-state index >= 15 is 0 Å². The van der Waals surface area contributed by atoms with Crippen molar-refractivity contribution in [1.29, 1.82) is 10.5 Å². The molecule has 0 atom stereocenters. The summed E-state index contributed by atoms with van der Waals surface area (Å²) < 4.78 is 2.16. The fourth-order valence-electron chi connectivity index (χ4n) is 3.44. The molecule has 5 heteroatoms. The Labute approximate surface area is 130 Å². The fraction of sp³-hybridized carbons (Fsp3) is 0.412. The number of rotatable bonds is 3. The molecule has 0 spiro atoms. The Morgan fingerprint density at radius 1 is 1.09 bits per heavy atom. The van der Waals surface area contributed by atoms with Gasteiger partial charge in [-0.2, -0.15) is 10.5 Å². The fourth-order valence-corrected chi connectivity index (χ4v) is 3.44. The number of quaternary nitrogens is 2. The van der Waals surface area contributed by atoms with Crippen LogP contribution in [-0.4, -0.2) is 37.3 Å². The molecule has 0 radical (unpaired) electrons. The summed E-state index contributed by atoms with van der Waals surface area (Å²) in [7, 11) is 2.05. The topological polar surface area (TPSA) is 61.4 Å². The molecule has 0 amide bonds. The summed E-state index contributed by atoms with van der Waals surface area (Å²) in [5, 5.41) is 19.4. The largest absolute Gasteiger partial charge is 0.342 e. The molecule has 1 saturated heterocycles. The van der Waals surface area contributed by atoms with E-state index in [0.717, 1.165) is 54.9 Å². The van der Waals surface area contributed by atoms with Crippen molar-refractivity contribution >= 4 is 10.9 Å². The lowest BCUT2D eigenvalue weighted by Crippen LogP contribution is -3.27. The first kappa shape index (κ1) is 14.6. The van der Waals surface area contributed by atoms with Gasteiger partial charge in [-0.05, 0) is 6.07 Å². The van der Waals surface area contributed by atoms with Crippen LogP contribution in [0.15, 0.2) is 24.3 Å². The number of aromatic nitrogens is 1. The van der Waals surface area contributed by atoms with E-state index in [2.05, 4.69) is 29.8 Å². The lowest BCUT2D eigenvalue weighted by Gasteiger charge is -2.28. The van der Waals surface area contributed by atoms with Crippen LogP contribution >= 0.6 is 0 Å². The van der Waals surface area contributed by atoms with E-state index in [9.17, 15) is 5.26 Å². The molecule has 1 aromatic carbocycles. The van der Waals surface area contributed by atoms with Crippen LogP contribution in [0, 0.1) is 22.7 Å². The van der Waals surface area contributed by atoms with Crippen LogP contribution < -0.4 is 9.80 Å². The van der Waals surface area contributed by atoms with Crippen molar-refractivity contribution in [2.24, 2.45) is 7.05 Å². The molecule has 0 bridgehead atoms. The van der Waals surface area contributed by atoms with Gasteiger partial charge < -0.3 is 14.4 Å². The quantitative estimate of drug-likeness (QED) is 0.703. The van der Waals surface area contributed by atoms with E-state index in [1.54, 1.807) is 0 Å². The van der Waals surface area contributed by atoms with Gasteiger partial charge >= 0.3 is 0 Å². The smallest absolute Gasteiger partial charge is 0.165 e. The van der Waals surface area contributed by atoms with Gasteiger partial charge in [0.2, 0.25) is 0 Å². The van der Waals surface area contributed by atoms with Crippen molar-refractivity contribution in [2.75, 3.05) is 32.7 Å². The number of piperazine rings is 1. The molecule has 5 nitrogen and oxygen atoms in total. The van der Waals surface area contributed by atoms with E-state index in [4.69, 9.17) is 5.26 Å². The zero-order valence-electron chi connectivity index (χ0n) is 12.9. The molecule has 1 aliphatic rings. The number of nitrogens with zero attached hydrogens (tertiary/aromatic N) is 3. The Bertz CT molecular complexity index is 754. The normalized spacial score (nSPS) is 21.4. The van der Waals surface area contributed by atoms with Crippen LogP contribution in [0.5, 0.6) is 0 Å². The van der Waals surface area contributed by atoms with Gasteiger partial charge in [0.25, 0.3) is 0 Å². The highest BCUT2D eigenvalue weighted by atomic mass is 15.3. The average molecular weight is 295 g/mol. The van der Waals surface area contributed by atoms with Crippen molar-refractivity contribution in [3.8, 4) is 12.1 Å². The van der Waals surface area contributed by atoms with Gasteiger partial charge in [-0.1, -0.05) is 18.2 Å². The molecular formula is C17H21N5+2. The number of para-hydroxylation sites is 1. The number of hydrogen-bond acceptors (Lipinski definition) is 2. The maximum Gasteiger partial charge on any atom is 0.165 e. The van der Waals surface area contributed by atoms with Crippen molar-refractivity contribution in [2.45, 2.75) is 6.54 Å². The molecule has 0 aliphatic carbocycles. The number of nitriles is 2. The van der Waals surface area contributed by atoms with Gasteiger partial charge in [0.1, 0.15) is 44.9 Å². The summed E-state index contributed by atoms with van der Waals surface area (Å²) in [6.07, 6.45) is 0. The van der Waals surface area contributed by atoms with Crippen molar-refractivity contribution in [1.82, 2.24) is 4.57 Å². The lowest BCUT2D eigenvalue weighted by molar-refractivity contribution is -1.02. The third-order valence-corrected chi connectivity index (χ3v) is 4.75. The Kier molecular flexibility index (Phi) is 4.11. The molecule has 2 heterocycles. The monoisotopic (exact) mass is 295 g/mol. The molecule has 0 saturated carbocycles. The summed E-state index contributed by atoms with van der Waals surface area (Å²) >= 11 is 0. The predicted octanol–water partition coefficient (Wildman–Crippen LogP) is -1.14. The minimum atomic E-state index is 0.602. The van der Waals surface area contributed by atoms with E-state index < -0.39 is 0 Å². The van der Waals surface area contributed by atoms with E-state index in [0.29, 0.717) is 6.54 Å². The van der Waals surface area contributed by atoms with Crippen LogP contribution in [0.3, 0.4) is 0 Å². The highest BCUT2D eigenvalue weighted by Crippen LogP contribution is 2.23. The summed E-state index contributed by atoms with van der Waals surface area (Å²) in [6, 6.07) is 12.8. The molecule has 1 fully saturated rings. The first-order valence-electron chi connectivity index (χ1n) is 7.75. The van der Waals surface area contributed by atoms with Gasteiger partial charge in [0, 0.05) is 18.0 Å². The highest BCUT2D eigenvalue weighted by molar-refractivity contribution is 5.87. The Morgan fingerprint density at radius 3 is 2.45 bits per heavy atom. The molecule has 22 heavy (non-hydrogen) atoms. The first-order chi connectivity index (χ1) is 10.7. The number of benzene rings is 1. The third kappa shape index (κ3) is 2.57. The van der Waals surface area contributed by atoms with Crippen LogP contribution in [0.1, 0.15) is 11.3 Å². The Hall–Kier alpha value is -2.34. The van der Waals surface area contributed by atoms with Crippen LogP contribution in [0.25, 0.3) is 10.9 Å². The molecule has 0 unspecified atom stereocenters. The third-order valence-electron chi connectivity index (χ3n) is 4.75. The van der Waals surface area contributed by atoms with Crippen LogP contribution in [0.2, 0.25) is 0 Å². The molecule has 3 rings (SSSR count). The maximum absolute atomic E-state index is 9.56. The van der Waals surface area contributed by atoms with Gasteiger partial charge in [-0.3, -0.25) is 0 Å². The van der Waals surface area contributed by atoms with Gasteiger partial charge in [-0.15, -0.1) is 0 Å². The number of aryl methyl sites for hydroxylation is 1. The predicted molar refractivity (Wildman–Crippen MR) is 83.2 cm³/mol. The van der Waals surface area contributed by atoms with Gasteiger partial charge in [0.15, 0.2) is 6.54 Å². The zero-order valence-corrected chi connectivity index (χ0v) is 12.9. The molecule has 1 aromatic heterocycles. The molecule has 2 N–H and O–H groups in total. The van der Waals surface area contributed by atoms with Crippen LogP contribution in [-0.2, 0) is 13.6 Å². The Morgan fingerprint density at radius 2 is 1.77 bits per heavy atom. The summed E-state index contributed by atoms with van der Waals surface area (Å²) in [4.78, 5) is 2.88. The molecular weight excluding hydrogens is 274 g/mol. The average Bonchev–Trinajstić information content (AvgIpc) is 2.82. The number of fused-ring (bicyclic) bond motifs is 1. The minimum Gasteiger partial charge on any atom is -0.342 e. The minimum absolute atomic E-state index is 0.602. The second-order valence-corrected chi connectivity index (χ2v) is 6.02. The Balaban J connectivity index is 1.82. The van der Waals surface area contributed by atoms with E-state index in [1.165, 1.54) is 9.80 Å². The SMILES string of the molecule is Cn1c(C[NH+]2CC[NH+](CC#N)CC2)c(C#N)c2ccccc21. The standard InChI is InChI=1S/C17H19N5/c1-20-16-5-3-2-4-14(16)15(12-19)17(20)13-22-10-8-21(7-6-18)9-11-22/h2-5H,7-11,13H2,1H3/p+2. The number of nitrogens with one attached hydrogen (secondary N) is 2. The van der Waals surface area contributed by atoms with Crippen molar-refractivity contribution in [3.05, 3.63) is 35.5 Å². The molecule has 1 aliphatic heterocycles. The van der Waals surface area contributed by atoms with E-state index in [1.807, 2.05) is 18.2 Å². The zero-order chi connectivity index (χ0) is 15.5. The van der Waals surface area contributed by atoms with Gasteiger partial charge in [0.05, 0.1) is 11.3 Å². The second-order valence-electron chi connectivity index (χ2n) is 6.02. The number of hydrogen-bond donors (Lipinski definition) is 2. The molecule has 112 valence electrons. The van der Waals surface area contributed by atoms with E-state index in [-0.39, 0.29) is 0 Å². The maximum atomic E-state index is 9.56. The van der Waals surface area contributed by atoms with Crippen LogP contribution in [0.4, 0.5) is 0 Å². The summed E-state index contributed by atoms with van der Waals surface area (Å²) in [5.74, 6) is 0.